The van der Waals surface area contributed by atoms with Gasteiger partial charge in [0.15, 0.2) is 0 Å². The number of benzene rings is 2. The minimum absolute atomic E-state index is 0.0384. The average Bonchev–Trinajstić information content (AvgIpc) is 3.38. The first kappa shape index (κ1) is 24.8. The third kappa shape index (κ3) is 5.51. The van der Waals surface area contributed by atoms with Gasteiger partial charge in [0.1, 0.15) is 0 Å². The molecule has 2 aromatic carbocycles. The number of anilines is 1. The van der Waals surface area contributed by atoms with Crippen molar-refractivity contribution in [2.45, 2.75) is 64.3 Å². The van der Waals surface area contributed by atoms with Crippen LogP contribution in [0, 0.1) is 5.92 Å². The number of hydrogen-bond donors (Lipinski definition) is 2. The number of ether oxygens (including phenoxy) is 1. The van der Waals surface area contributed by atoms with Crippen LogP contribution in [0.3, 0.4) is 0 Å². The fourth-order valence-corrected chi connectivity index (χ4v) is 5.61. The van der Waals surface area contributed by atoms with E-state index in [9.17, 15) is 8.78 Å². The Kier molecular flexibility index (Phi) is 8.02. The monoisotopic (exact) mass is 484 g/mol. The Hall–Kier alpha value is -2.28. The smallest absolute Gasteiger partial charge is 0.270 e. The zero-order chi connectivity index (χ0) is 24.1. The van der Waals surface area contributed by atoms with E-state index in [4.69, 9.17) is 4.74 Å². The summed E-state index contributed by atoms with van der Waals surface area (Å²) in [5, 5.41) is 9.21. The van der Waals surface area contributed by atoms with Crippen LogP contribution in [0.25, 0.3) is 0 Å². The Bertz CT molecular complexity index is 1040. The van der Waals surface area contributed by atoms with Crippen LogP contribution in [0.15, 0.2) is 66.0 Å². The lowest BCUT2D eigenvalue weighted by atomic mass is 9.76. The molecule has 1 fully saturated rings. The lowest BCUT2D eigenvalue weighted by Crippen LogP contribution is -2.42. The molecule has 5 rings (SSSR count). The number of alkyl halides is 2. The van der Waals surface area contributed by atoms with Gasteiger partial charge in [-0.2, -0.15) is 0 Å². The highest BCUT2D eigenvalue weighted by Gasteiger charge is 2.43. The van der Waals surface area contributed by atoms with Crippen molar-refractivity contribution in [2.24, 2.45) is 5.92 Å². The molecule has 2 aliphatic rings. The van der Waals surface area contributed by atoms with Crippen LogP contribution in [0.4, 0.5) is 14.5 Å². The molecule has 1 aromatic heterocycles. The van der Waals surface area contributed by atoms with Crippen molar-refractivity contribution in [3.63, 3.8) is 0 Å². The van der Waals surface area contributed by atoms with Crippen LogP contribution in [-0.4, -0.2) is 12.6 Å². The summed E-state index contributed by atoms with van der Waals surface area (Å²) in [6.45, 7) is 6.53. The van der Waals surface area contributed by atoms with E-state index in [0.717, 1.165) is 44.1 Å². The first-order valence-electron chi connectivity index (χ1n) is 12.2. The molecule has 0 bridgehead atoms. The molecule has 0 spiro atoms. The van der Waals surface area contributed by atoms with Crippen molar-refractivity contribution in [3.05, 3.63) is 87.6 Å². The predicted octanol–water partition coefficient (Wildman–Crippen LogP) is 7.68. The second kappa shape index (κ2) is 11.0. The Balaban J connectivity index is 0.00000133. The summed E-state index contributed by atoms with van der Waals surface area (Å²) < 4.78 is 34.8. The summed E-state index contributed by atoms with van der Waals surface area (Å²) in [5.41, 5.74) is 2.98. The van der Waals surface area contributed by atoms with Gasteiger partial charge < -0.3 is 15.4 Å². The number of rotatable bonds is 6. The van der Waals surface area contributed by atoms with E-state index in [1.807, 2.05) is 32.0 Å². The van der Waals surface area contributed by atoms with Crippen LogP contribution in [0.2, 0.25) is 0 Å². The molecule has 3 nitrogen and oxygen atoms in total. The van der Waals surface area contributed by atoms with E-state index in [-0.39, 0.29) is 29.7 Å². The summed E-state index contributed by atoms with van der Waals surface area (Å²) in [6.07, 6.45) is 1.78. The largest absolute Gasteiger partial charge is 0.378 e. The molecule has 2 aliphatic heterocycles. The van der Waals surface area contributed by atoms with Crippen molar-refractivity contribution in [3.8, 4) is 0 Å². The number of halogens is 2. The molecular weight excluding hydrogens is 450 g/mol. The van der Waals surface area contributed by atoms with E-state index >= 15 is 0 Å². The van der Waals surface area contributed by atoms with Crippen LogP contribution in [0.5, 0.6) is 0 Å². The van der Waals surface area contributed by atoms with Gasteiger partial charge in [0, 0.05) is 47.6 Å². The van der Waals surface area contributed by atoms with E-state index in [1.165, 1.54) is 16.5 Å². The lowest BCUT2D eigenvalue weighted by Gasteiger charge is -2.46. The van der Waals surface area contributed by atoms with Gasteiger partial charge in [0.2, 0.25) is 0 Å². The van der Waals surface area contributed by atoms with E-state index in [1.54, 1.807) is 23.5 Å². The van der Waals surface area contributed by atoms with E-state index < -0.39 is 5.92 Å². The quantitative estimate of drug-likeness (QED) is 0.376. The molecule has 3 aromatic rings. The molecule has 3 unspecified atom stereocenters. The normalized spacial score (nSPS) is 23.7. The molecule has 0 aliphatic carbocycles. The van der Waals surface area contributed by atoms with Crippen LogP contribution in [-0.2, 0) is 17.2 Å². The zero-order valence-corrected chi connectivity index (χ0v) is 20.9. The summed E-state index contributed by atoms with van der Waals surface area (Å²) in [7, 11) is 0. The minimum atomic E-state index is -2.88. The molecule has 3 heterocycles. The molecule has 0 saturated carbocycles. The second-order valence-electron chi connectivity index (χ2n) is 8.85. The van der Waals surface area contributed by atoms with Crippen molar-refractivity contribution >= 4 is 17.0 Å². The summed E-state index contributed by atoms with van der Waals surface area (Å²) in [4.78, 5) is 1.30. The highest BCUT2D eigenvalue weighted by atomic mass is 32.1. The first-order chi connectivity index (χ1) is 16.5. The predicted molar refractivity (Wildman–Crippen MR) is 137 cm³/mol. The van der Waals surface area contributed by atoms with Gasteiger partial charge in [-0.05, 0) is 42.0 Å². The van der Waals surface area contributed by atoms with Gasteiger partial charge in [-0.1, -0.05) is 56.3 Å². The number of hydrogen-bond acceptors (Lipinski definition) is 4. The molecule has 0 amide bonds. The van der Waals surface area contributed by atoms with Gasteiger partial charge in [-0.15, -0.1) is 11.3 Å². The fraction of sp³-hybridized carbons (Fsp3) is 0.429. The summed E-state index contributed by atoms with van der Waals surface area (Å²) in [6, 6.07) is 19.6. The Morgan fingerprint density at radius 2 is 1.85 bits per heavy atom. The van der Waals surface area contributed by atoms with Crippen LogP contribution < -0.4 is 10.6 Å². The zero-order valence-electron chi connectivity index (χ0n) is 20.1. The molecular formula is C28H34F2N2OS. The van der Waals surface area contributed by atoms with Gasteiger partial charge in [0.05, 0.1) is 18.2 Å². The van der Waals surface area contributed by atoms with E-state index in [2.05, 4.69) is 40.3 Å². The molecule has 2 N–H and O–H groups in total. The molecule has 182 valence electrons. The number of thiophene rings is 1. The maximum atomic E-state index is 14.1. The molecule has 0 radical (unpaired) electrons. The average molecular weight is 485 g/mol. The summed E-state index contributed by atoms with van der Waals surface area (Å²) >= 11 is 1.74. The number of nitrogens with one attached hydrogen (secondary N) is 2. The van der Waals surface area contributed by atoms with Crippen LogP contribution in [0.1, 0.15) is 67.3 Å². The molecule has 34 heavy (non-hydrogen) atoms. The van der Waals surface area contributed by atoms with Crippen molar-refractivity contribution in [2.75, 3.05) is 11.9 Å². The fourth-order valence-electron chi connectivity index (χ4n) is 4.94. The second-order valence-corrected chi connectivity index (χ2v) is 9.89. The topological polar surface area (TPSA) is 33.3 Å². The minimum Gasteiger partial charge on any atom is -0.378 e. The highest BCUT2D eigenvalue weighted by Crippen LogP contribution is 2.51. The Labute approximate surface area is 205 Å². The van der Waals surface area contributed by atoms with E-state index in [0.29, 0.717) is 0 Å². The van der Waals surface area contributed by atoms with Gasteiger partial charge in [-0.25, -0.2) is 8.78 Å². The maximum Gasteiger partial charge on any atom is 0.270 e. The molecule has 4 atom stereocenters. The Morgan fingerprint density at radius 1 is 1.06 bits per heavy atom. The lowest BCUT2D eigenvalue weighted by molar-refractivity contribution is -0.0918. The van der Waals surface area contributed by atoms with Gasteiger partial charge >= 0.3 is 0 Å². The maximum absolute atomic E-state index is 14.1. The molecule has 6 heteroatoms. The van der Waals surface area contributed by atoms with Gasteiger partial charge in [-0.3, -0.25) is 0 Å². The molecule has 1 saturated heterocycles. The van der Waals surface area contributed by atoms with Crippen molar-refractivity contribution < 1.29 is 13.5 Å². The number of fused-ring (bicyclic) bond motifs is 3. The third-order valence-electron chi connectivity index (χ3n) is 6.56. The first-order valence-corrected chi connectivity index (χ1v) is 13.1. The van der Waals surface area contributed by atoms with Gasteiger partial charge in [0.25, 0.3) is 5.92 Å². The standard InChI is InChI=1S/C26H28F2N2OS.C2H6/c1-26(27,28)18-9-12-23-22(14-18)25-21(24(30-23)17-6-3-2-4-7-17)11-10-19(31-25)15-29-16-20-8-5-13-32-20;1-2/h2-9,12-14,19,21,24-25,29-30H,10-11,15-16H2,1H3;1-2H3/t19?,21?,24-,25?;/m0./s1. The van der Waals surface area contributed by atoms with Crippen molar-refractivity contribution in [1.82, 2.24) is 5.32 Å². The Morgan fingerprint density at radius 3 is 2.56 bits per heavy atom. The van der Waals surface area contributed by atoms with Crippen molar-refractivity contribution in [1.29, 1.82) is 0 Å². The third-order valence-corrected chi connectivity index (χ3v) is 7.44. The SMILES string of the molecule is CC.CC(F)(F)c1ccc2c(c1)C1OC(CNCc3cccs3)CCC1[C@H](c1ccccc1)N2. The summed E-state index contributed by atoms with van der Waals surface area (Å²) in [5.74, 6) is -2.68. The highest BCUT2D eigenvalue weighted by molar-refractivity contribution is 7.09. The van der Waals surface area contributed by atoms with Crippen LogP contribution >= 0.6 is 11.3 Å².